The van der Waals surface area contributed by atoms with Crippen LogP contribution in [0.1, 0.15) is 13.3 Å². The Bertz CT molecular complexity index is 193. The van der Waals surface area contributed by atoms with Gasteiger partial charge in [-0.05, 0) is 13.3 Å². The zero-order chi connectivity index (χ0) is 10.6. The fourth-order valence-electron chi connectivity index (χ4n) is 1.55. The molecular weight excluding hydrogens is 192 g/mol. The van der Waals surface area contributed by atoms with Crippen molar-refractivity contribution in [2.24, 2.45) is 5.92 Å². The number of carbonyl (C=O) groups is 1. The summed E-state index contributed by atoms with van der Waals surface area (Å²) >= 11 is 0. The van der Waals surface area contributed by atoms with Crippen LogP contribution in [-0.4, -0.2) is 43.5 Å². The number of nitrogens with zero attached hydrogens (tertiary/aromatic N) is 1. The Morgan fingerprint density at radius 1 is 1.64 bits per heavy atom. The van der Waals surface area contributed by atoms with E-state index in [0.29, 0.717) is 26.3 Å². The summed E-state index contributed by atoms with van der Waals surface area (Å²) in [6, 6.07) is 0. The van der Waals surface area contributed by atoms with E-state index in [2.05, 4.69) is 0 Å². The summed E-state index contributed by atoms with van der Waals surface area (Å²) < 4.78 is 29.4. The second-order valence-corrected chi connectivity index (χ2v) is 3.41. The lowest BCUT2D eigenvalue weighted by atomic mass is 10.1. The van der Waals surface area contributed by atoms with Crippen LogP contribution in [0, 0.1) is 5.92 Å². The highest BCUT2D eigenvalue weighted by molar-refractivity contribution is 5.79. The van der Waals surface area contributed by atoms with Crippen molar-refractivity contribution in [3.63, 3.8) is 0 Å². The second-order valence-electron chi connectivity index (χ2n) is 3.41. The Balaban J connectivity index is 2.41. The molecule has 0 saturated carbocycles. The van der Waals surface area contributed by atoms with E-state index in [1.54, 1.807) is 6.92 Å². The van der Waals surface area contributed by atoms with Crippen molar-refractivity contribution in [1.29, 1.82) is 0 Å². The quantitative estimate of drug-likeness (QED) is 0.691. The van der Waals surface area contributed by atoms with E-state index in [1.165, 1.54) is 4.90 Å². The van der Waals surface area contributed by atoms with Crippen LogP contribution in [-0.2, 0) is 9.53 Å². The molecule has 0 spiro atoms. The van der Waals surface area contributed by atoms with Crippen molar-refractivity contribution in [3.05, 3.63) is 0 Å². The van der Waals surface area contributed by atoms with Crippen molar-refractivity contribution >= 4 is 5.91 Å². The number of alkyl halides is 2. The molecular formula is C9H15F2NO2. The highest BCUT2D eigenvalue weighted by Gasteiger charge is 2.26. The molecule has 0 aliphatic carbocycles. The maximum atomic E-state index is 12.1. The maximum absolute atomic E-state index is 12.1. The predicted molar refractivity (Wildman–Crippen MR) is 47.2 cm³/mol. The van der Waals surface area contributed by atoms with Crippen molar-refractivity contribution in [1.82, 2.24) is 4.90 Å². The van der Waals surface area contributed by atoms with Gasteiger partial charge in [0.05, 0.1) is 6.61 Å². The second kappa shape index (κ2) is 5.24. The first kappa shape index (κ1) is 11.4. The topological polar surface area (TPSA) is 29.5 Å². The molecule has 1 rings (SSSR count). The first-order valence-electron chi connectivity index (χ1n) is 4.79. The third-order valence-corrected chi connectivity index (χ3v) is 2.38. The monoisotopic (exact) mass is 207 g/mol. The molecule has 0 N–H and O–H groups in total. The molecule has 1 aliphatic rings. The molecule has 0 radical (unpaired) electrons. The maximum Gasteiger partial charge on any atom is 0.315 e. The number of halogens is 2. The Kier molecular flexibility index (Phi) is 4.25. The molecule has 5 heteroatoms. The first-order chi connectivity index (χ1) is 6.65. The van der Waals surface area contributed by atoms with Gasteiger partial charge in [0.1, 0.15) is 0 Å². The van der Waals surface area contributed by atoms with E-state index in [-0.39, 0.29) is 5.92 Å². The molecule has 1 saturated heterocycles. The van der Waals surface area contributed by atoms with Crippen LogP contribution in [0.5, 0.6) is 0 Å². The van der Waals surface area contributed by atoms with E-state index in [0.717, 1.165) is 6.42 Å². The van der Waals surface area contributed by atoms with Crippen molar-refractivity contribution in [2.45, 2.75) is 19.8 Å². The normalized spacial score (nSPS) is 21.6. The van der Waals surface area contributed by atoms with Gasteiger partial charge in [0.15, 0.2) is 0 Å². The van der Waals surface area contributed by atoms with Crippen LogP contribution in [0.4, 0.5) is 8.78 Å². The summed E-state index contributed by atoms with van der Waals surface area (Å²) in [6.07, 6.45) is -2.04. The lowest BCUT2D eigenvalue weighted by Crippen LogP contribution is -2.39. The number of amides is 1. The van der Waals surface area contributed by atoms with Crippen LogP contribution in [0.3, 0.4) is 0 Å². The van der Waals surface area contributed by atoms with Crippen LogP contribution in [0.2, 0.25) is 0 Å². The Morgan fingerprint density at radius 2 is 2.36 bits per heavy atom. The standard InChI is InChI=1S/C9H15F2NO2/c1-2-12(9(13)8(10)11)5-7-3-4-14-6-7/h7-8H,2-6H2,1H3. The minimum absolute atomic E-state index is 0.220. The van der Waals surface area contributed by atoms with E-state index >= 15 is 0 Å². The Labute approximate surface area is 82.0 Å². The van der Waals surface area contributed by atoms with Gasteiger partial charge < -0.3 is 9.64 Å². The lowest BCUT2D eigenvalue weighted by molar-refractivity contribution is -0.143. The van der Waals surface area contributed by atoms with Gasteiger partial charge in [0.25, 0.3) is 5.91 Å². The summed E-state index contributed by atoms with van der Waals surface area (Å²) in [7, 11) is 0. The third kappa shape index (κ3) is 2.90. The zero-order valence-electron chi connectivity index (χ0n) is 8.21. The van der Waals surface area contributed by atoms with E-state index in [9.17, 15) is 13.6 Å². The first-order valence-corrected chi connectivity index (χ1v) is 4.79. The number of hydrogen-bond acceptors (Lipinski definition) is 2. The number of carbonyl (C=O) groups excluding carboxylic acids is 1. The molecule has 3 nitrogen and oxygen atoms in total. The molecule has 1 atom stereocenters. The van der Waals surface area contributed by atoms with Crippen LogP contribution < -0.4 is 0 Å². The molecule has 0 bridgehead atoms. The summed E-state index contributed by atoms with van der Waals surface area (Å²) in [5, 5.41) is 0. The van der Waals surface area contributed by atoms with Gasteiger partial charge in [0, 0.05) is 25.6 Å². The molecule has 1 heterocycles. The van der Waals surface area contributed by atoms with Crippen LogP contribution >= 0.6 is 0 Å². The summed E-state index contributed by atoms with van der Waals surface area (Å²) in [5.41, 5.74) is 0. The fourth-order valence-corrected chi connectivity index (χ4v) is 1.55. The van der Waals surface area contributed by atoms with Gasteiger partial charge >= 0.3 is 6.43 Å². The summed E-state index contributed by atoms with van der Waals surface area (Å²) in [4.78, 5) is 12.2. The van der Waals surface area contributed by atoms with E-state index in [1.807, 2.05) is 0 Å². The third-order valence-electron chi connectivity index (χ3n) is 2.38. The van der Waals surface area contributed by atoms with Crippen molar-refractivity contribution in [2.75, 3.05) is 26.3 Å². The average Bonchev–Trinajstić information content (AvgIpc) is 2.65. The molecule has 0 aromatic rings. The van der Waals surface area contributed by atoms with E-state index in [4.69, 9.17) is 4.74 Å². The number of hydrogen-bond donors (Lipinski definition) is 0. The minimum Gasteiger partial charge on any atom is -0.381 e. The molecule has 1 fully saturated rings. The van der Waals surface area contributed by atoms with Crippen molar-refractivity contribution in [3.8, 4) is 0 Å². The highest BCUT2D eigenvalue weighted by Crippen LogP contribution is 2.14. The Morgan fingerprint density at radius 3 is 2.79 bits per heavy atom. The molecule has 0 aromatic heterocycles. The van der Waals surface area contributed by atoms with Gasteiger partial charge in [-0.15, -0.1) is 0 Å². The fraction of sp³-hybridized carbons (Fsp3) is 0.889. The van der Waals surface area contributed by atoms with Gasteiger partial charge in [0.2, 0.25) is 0 Å². The molecule has 82 valence electrons. The lowest BCUT2D eigenvalue weighted by Gasteiger charge is -2.23. The minimum atomic E-state index is -2.89. The highest BCUT2D eigenvalue weighted by atomic mass is 19.3. The largest absolute Gasteiger partial charge is 0.381 e. The van der Waals surface area contributed by atoms with Gasteiger partial charge in [-0.3, -0.25) is 4.79 Å². The van der Waals surface area contributed by atoms with E-state index < -0.39 is 12.3 Å². The molecule has 14 heavy (non-hydrogen) atoms. The molecule has 1 amide bonds. The zero-order valence-corrected chi connectivity index (χ0v) is 8.21. The smallest absolute Gasteiger partial charge is 0.315 e. The van der Waals surface area contributed by atoms with Gasteiger partial charge in [-0.1, -0.05) is 0 Å². The molecule has 1 unspecified atom stereocenters. The SMILES string of the molecule is CCN(CC1CCOC1)C(=O)C(F)F. The molecule has 1 aliphatic heterocycles. The Hall–Kier alpha value is -0.710. The van der Waals surface area contributed by atoms with Gasteiger partial charge in [-0.2, -0.15) is 8.78 Å². The number of ether oxygens (including phenoxy) is 1. The summed E-state index contributed by atoms with van der Waals surface area (Å²) in [6.45, 7) is 3.67. The summed E-state index contributed by atoms with van der Waals surface area (Å²) in [5.74, 6) is -0.850. The molecule has 0 aromatic carbocycles. The predicted octanol–water partition coefficient (Wildman–Crippen LogP) is 1.14. The van der Waals surface area contributed by atoms with Crippen LogP contribution in [0.15, 0.2) is 0 Å². The van der Waals surface area contributed by atoms with Crippen LogP contribution in [0.25, 0.3) is 0 Å². The average molecular weight is 207 g/mol. The number of rotatable bonds is 4. The van der Waals surface area contributed by atoms with Crippen molar-refractivity contribution < 1.29 is 18.3 Å². The van der Waals surface area contributed by atoms with Gasteiger partial charge in [-0.25, -0.2) is 0 Å².